The number of methoxy groups -OCH3 is 1. The molecule has 0 saturated heterocycles. The Kier molecular flexibility index (Phi) is 10.1. The van der Waals surface area contributed by atoms with Crippen molar-refractivity contribution in [1.82, 2.24) is 4.90 Å². The molecule has 1 heterocycles. The van der Waals surface area contributed by atoms with E-state index in [0.717, 1.165) is 13.1 Å². The molecule has 1 amide bonds. The van der Waals surface area contributed by atoms with Crippen LogP contribution in [0, 0.1) is 0 Å². The van der Waals surface area contributed by atoms with Gasteiger partial charge in [0.2, 0.25) is 0 Å². The van der Waals surface area contributed by atoms with Gasteiger partial charge in [0.15, 0.2) is 11.3 Å². The zero-order valence-electron chi connectivity index (χ0n) is 19.1. The van der Waals surface area contributed by atoms with Crippen molar-refractivity contribution in [2.24, 2.45) is 0 Å². The molecule has 1 aromatic heterocycles. The molecule has 3 aromatic rings. The number of ether oxygens (including phenoxy) is 2. The lowest BCUT2D eigenvalue weighted by Gasteiger charge is -2.17. The topological polar surface area (TPSA) is 98.1 Å². The first kappa shape index (κ1) is 27.4. The molecule has 34 heavy (non-hydrogen) atoms. The van der Waals surface area contributed by atoms with Gasteiger partial charge in [-0.1, -0.05) is 29.8 Å². The van der Waals surface area contributed by atoms with Gasteiger partial charge in [0.1, 0.15) is 12.2 Å². The minimum Gasteiger partial charge on any atom is -0.493 e. The predicted octanol–water partition coefficient (Wildman–Crippen LogP) is 4.74. The number of hydrogen-bond acceptors (Lipinski definition) is 7. The lowest BCUT2D eigenvalue weighted by molar-refractivity contribution is 0.0466. The Morgan fingerprint density at radius 3 is 2.38 bits per heavy atom. The van der Waals surface area contributed by atoms with Crippen LogP contribution in [0.1, 0.15) is 34.6 Å². The van der Waals surface area contributed by atoms with E-state index in [9.17, 15) is 14.4 Å². The van der Waals surface area contributed by atoms with Gasteiger partial charge in [0.05, 0.1) is 12.7 Å². The van der Waals surface area contributed by atoms with E-state index in [1.54, 1.807) is 36.4 Å². The van der Waals surface area contributed by atoms with Crippen LogP contribution >= 0.6 is 28.3 Å². The summed E-state index contributed by atoms with van der Waals surface area (Å²) in [7, 11) is 1.46. The number of benzene rings is 2. The molecule has 0 radical (unpaired) electrons. The molecule has 0 bridgehead atoms. The van der Waals surface area contributed by atoms with Crippen LogP contribution in [0.15, 0.2) is 56.1 Å². The third-order valence-electron chi connectivity index (χ3n) is 5.14. The van der Waals surface area contributed by atoms with Crippen LogP contribution in [-0.4, -0.2) is 50.1 Å². The number of esters is 1. The van der Waals surface area contributed by atoms with Crippen LogP contribution in [0.4, 0.5) is 5.69 Å². The fourth-order valence-electron chi connectivity index (χ4n) is 3.26. The van der Waals surface area contributed by atoms with Gasteiger partial charge >= 0.3 is 11.6 Å². The number of nitrogens with zero attached hydrogens (tertiary/aromatic N) is 1. The van der Waals surface area contributed by atoms with Gasteiger partial charge < -0.3 is 24.1 Å². The summed E-state index contributed by atoms with van der Waals surface area (Å²) >= 11 is 3.37. The molecule has 0 spiro atoms. The molecule has 0 saturated carbocycles. The summed E-state index contributed by atoms with van der Waals surface area (Å²) in [4.78, 5) is 39.4. The number of hydrogen-bond donors (Lipinski definition) is 1. The molecular formula is C24H26BrClN2O6. The van der Waals surface area contributed by atoms with Crippen molar-refractivity contribution in [3.63, 3.8) is 0 Å². The second kappa shape index (κ2) is 12.5. The van der Waals surface area contributed by atoms with E-state index in [1.807, 2.05) is 0 Å². The smallest absolute Gasteiger partial charge is 0.349 e. The molecule has 2 aromatic carbocycles. The Morgan fingerprint density at radius 2 is 1.76 bits per heavy atom. The van der Waals surface area contributed by atoms with E-state index in [2.05, 4.69) is 40.0 Å². The number of fused-ring (bicyclic) bond motifs is 1. The van der Waals surface area contributed by atoms with E-state index in [4.69, 9.17) is 13.9 Å². The number of rotatable bonds is 9. The van der Waals surface area contributed by atoms with Crippen molar-refractivity contribution >= 4 is 56.9 Å². The van der Waals surface area contributed by atoms with E-state index in [0.29, 0.717) is 40.0 Å². The molecule has 10 heteroatoms. The molecule has 8 nitrogen and oxygen atoms in total. The van der Waals surface area contributed by atoms with Gasteiger partial charge in [-0.3, -0.25) is 4.79 Å². The third kappa shape index (κ3) is 6.59. The van der Waals surface area contributed by atoms with Crippen molar-refractivity contribution in [2.45, 2.75) is 13.8 Å². The van der Waals surface area contributed by atoms with Gasteiger partial charge in [-0.05, 0) is 55.6 Å². The second-order valence-electron chi connectivity index (χ2n) is 7.17. The maximum atomic E-state index is 12.7. The number of halogens is 2. The Morgan fingerprint density at radius 1 is 1.09 bits per heavy atom. The number of carbonyl (C=O) groups is 2. The number of carbonyl (C=O) groups excluding carboxylic acids is 2. The number of likely N-dealkylation sites (N-methyl/N-ethyl adjacent to an activating group) is 1. The van der Waals surface area contributed by atoms with E-state index in [-0.39, 0.29) is 23.6 Å². The molecule has 0 aliphatic carbocycles. The molecule has 0 atom stereocenters. The molecule has 0 fully saturated rings. The quantitative estimate of drug-likeness (QED) is 0.302. The Labute approximate surface area is 211 Å². The highest BCUT2D eigenvalue weighted by Crippen LogP contribution is 2.29. The van der Waals surface area contributed by atoms with Gasteiger partial charge in [0, 0.05) is 22.1 Å². The van der Waals surface area contributed by atoms with Crippen molar-refractivity contribution in [2.75, 3.05) is 38.7 Å². The summed E-state index contributed by atoms with van der Waals surface area (Å²) in [6.45, 7) is 6.86. The van der Waals surface area contributed by atoms with Crippen LogP contribution < -0.4 is 15.7 Å². The van der Waals surface area contributed by atoms with Crippen molar-refractivity contribution < 1.29 is 23.5 Å². The molecule has 3 rings (SSSR count). The largest absolute Gasteiger partial charge is 0.493 e. The molecular weight excluding hydrogens is 528 g/mol. The first-order chi connectivity index (χ1) is 15.9. The average molecular weight is 554 g/mol. The summed E-state index contributed by atoms with van der Waals surface area (Å²) in [6.07, 6.45) is 0. The van der Waals surface area contributed by atoms with Crippen LogP contribution in [0.2, 0.25) is 0 Å². The highest BCUT2D eigenvalue weighted by molar-refractivity contribution is 9.10. The van der Waals surface area contributed by atoms with Gasteiger partial charge in [-0.25, -0.2) is 9.59 Å². The van der Waals surface area contributed by atoms with Gasteiger partial charge in [-0.2, -0.15) is 0 Å². The Hall–Kier alpha value is -2.88. The van der Waals surface area contributed by atoms with Crippen molar-refractivity contribution in [3.05, 3.63) is 68.5 Å². The predicted molar refractivity (Wildman–Crippen MR) is 136 cm³/mol. The fraction of sp³-hybridized carbons (Fsp3) is 0.292. The molecule has 0 aliphatic rings. The van der Waals surface area contributed by atoms with Crippen molar-refractivity contribution in [1.29, 1.82) is 0 Å². The lowest BCUT2D eigenvalue weighted by Crippen LogP contribution is -2.27. The van der Waals surface area contributed by atoms with E-state index < -0.39 is 17.5 Å². The Balaban J connectivity index is 0.00000408. The van der Waals surface area contributed by atoms with Crippen molar-refractivity contribution in [3.8, 4) is 5.75 Å². The minimum absolute atomic E-state index is 0. The first-order valence-electron chi connectivity index (χ1n) is 10.5. The summed E-state index contributed by atoms with van der Waals surface area (Å²) in [6, 6.07) is 11.1. The monoisotopic (exact) mass is 552 g/mol. The average Bonchev–Trinajstić information content (AvgIpc) is 2.81. The van der Waals surface area contributed by atoms with Crippen LogP contribution in [-0.2, 0) is 4.74 Å². The maximum Gasteiger partial charge on any atom is 0.349 e. The molecule has 0 unspecified atom stereocenters. The van der Waals surface area contributed by atoms with Crippen LogP contribution in [0.25, 0.3) is 11.0 Å². The first-order valence-corrected chi connectivity index (χ1v) is 11.3. The highest BCUT2D eigenvalue weighted by atomic mass is 79.9. The van der Waals surface area contributed by atoms with E-state index in [1.165, 1.54) is 13.2 Å². The summed E-state index contributed by atoms with van der Waals surface area (Å²) in [5.74, 6) is -0.683. The molecule has 182 valence electrons. The second-order valence-corrected chi connectivity index (χ2v) is 8.08. The highest BCUT2D eigenvalue weighted by Gasteiger charge is 2.17. The third-order valence-corrected chi connectivity index (χ3v) is 5.60. The summed E-state index contributed by atoms with van der Waals surface area (Å²) in [5.41, 5.74) is 0.114. The van der Waals surface area contributed by atoms with Gasteiger partial charge in [0.25, 0.3) is 5.91 Å². The zero-order chi connectivity index (χ0) is 24.0. The fourth-order valence-corrected chi connectivity index (χ4v) is 3.71. The standard InChI is InChI=1S/C24H25BrN2O6.ClH/c1-4-27(5-2)10-11-32-23(29)15-6-8-18(9-7-15)26-22(28)19-13-16-12-17(25)14-20(31-3)21(16)33-24(19)30;/h6-9,12-14H,4-5,10-11H2,1-3H3,(H,26,28);1H. The Bertz CT molecular complexity index is 1210. The zero-order valence-corrected chi connectivity index (χ0v) is 21.5. The normalized spacial score (nSPS) is 10.6. The van der Waals surface area contributed by atoms with Crippen LogP contribution in [0.3, 0.4) is 0 Å². The van der Waals surface area contributed by atoms with E-state index >= 15 is 0 Å². The molecule has 1 N–H and O–H groups in total. The number of amides is 1. The maximum absolute atomic E-state index is 12.7. The summed E-state index contributed by atoms with van der Waals surface area (Å²) in [5, 5.41) is 3.18. The van der Waals surface area contributed by atoms with Crippen LogP contribution in [0.5, 0.6) is 5.75 Å². The number of nitrogens with one attached hydrogen (secondary N) is 1. The van der Waals surface area contributed by atoms with Gasteiger partial charge in [-0.15, -0.1) is 12.4 Å². The molecule has 0 aliphatic heterocycles. The minimum atomic E-state index is -0.783. The lowest BCUT2D eigenvalue weighted by atomic mass is 10.1. The number of anilines is 1. The SMILES string of the molecule is CCN(CC)CCOC(=O)c1ccc(NC(=O)c2cc3cc(Br)cc(OC)c3oc2=O)cc1.Cl. The summed E-state index contributed by atoms with van der Waals surface area (Å²) < 4.78 is 16.6.